The van der Waals surface area contributed by atoms with Crippen molar-refractivity contribution < 1.29 is 18.0 Å². The fourth-order valence-electron chi connectivity index (χ4n) is 2.91. The van der Waals surface area contributed by atoms with Crippen molar-refractivity contribution >= 4 is 5.78 Å². The normalized spacial score (nSPS) is 15.1. The molecule has 2 aromatic rings. The van der Waals surface area contributed by atoms with E-state index in [-0.39, 0.29) is 5.78 Å². The van der Waals surface area contributed by atoms with Gasteiger partial charge in [-0.3, -0.25) is 4.79 Å². The van der Waals surface area contributed by atoms with Crippen molar-refractivity contribution in [1.82, 2.24) is 4.57 Å². The van der Waals surface area contributed by atoms with Crippen molar-refractivity contribution in [2.45, 2.75) is 32.4 Å². The maximum Gasteiger partial charge on any atom is 0.416 e. The Morgan fingerprint density at radius 1 is 1.14 bits per heavy atom. The van der Waals surface area contributed by atoms with Crippen molar-refractivity contribution in [3.05, 3.63) is 52.8 Å². The van der Waals surface area contributed by atoms with Crippen molar-refractivity contribution in [2.24, 2.45) is 0 Å². The maximum absolute atomic E-state index is 12.8. The van der Waals surface area contributed by atoms with E-state index in [1.165, 1.54) is 6.07 Å². The highest BCUT2D eigenvalue weighted by molar-refractivity contribution is 5.98. The molecule has 0 radical (unpaired) electrons. The zero-order chi connectivity index (χ0) is 15.2. The highest BCUT2D eigenvalue weighted by Crippen LogP contribution is 2.33. The maximum atomic E-state index is 12.8. The monoisotopic (exact) mass is 293 g/mol. The van der Waals surface area contributed by atoms with Crippen molar-refractivity contribution in [2.75, 3.05) is 0 Å². The average molecular weight is 293 g/mol. The summed E-state index contributed by atoms with van der Waals surface area (Å²) in [5.74, 6) is 0.0741. The first kappa shape index (κ1) is 13.9. The van der Waals surface area contributed by atoms with Crippen LogP contribution in [0.1, 0.15) is 40.2 Å². The minimum Gasteiger partial charge on any atom is -0.317 e. The Hall–Kier alpha value is -2.04. The summed E-state index contributed by atoms with van der Waals surface area (Å²) < 4.78 is 40.3. The summed E-state index contributed by atoms with van der Waals surface area (Å²) in [6.07, 6.45) is -2.40. The molecule has 2 nitrogen and oxygen atoms in total. The third-order valence-corrected chi connectivity index (χ3v) is 3.84. The fraction of sp³-hybridized carbons (Fsp3) is 0.312. The lowest BCUT2D eigenvalue weighted by Crippen LogP contribution is -2.13. The third-order valence-electron chi connectivity index (χ3n) is 3.84. The van der Waals surface area contributed by atoms with Crippen LogP contribution in [0.4, 0.5) is 13.2 Å². The van der Waals surface area contributed by atoms with Crippen LogP contribution in [0.25, 0.3) is 5.69 Å². The Bertz CT molecular complexity index is 713. The Labute approximate surface area is 120 Å². The number of aromatic nitrogens is 1. The highest BCUT2D eigenvalue weighted by atomic mass is 19.4. The number of aryl methyl sites for hydroxylation is 1. The Kier molecular flexibility index (Phi) is 3.15. The molecule has 0 bridgehead atoms. The van der Waals surface area contributed by atoms with E-state index in [1.807, 2.05) is 6.92 Å². The lowest BCUT2D eigenvalue weighted by Gasteiger charge is -2.17. The molecule has 0 saturated heterocycles. The smallest absolute Gasteiger partial charge is 0.317 e. The number of hydrogen-bond donors (Lipinski definition) is 0. The first-order chi connectivity index (χ1) is 9.88. The van der Waals surface area contributed by atoms with Crippen LogP contribution in [-0.4, -0.2) is 10.4 Å². The van der Waals surface area contributed by atoms with Gasteiger partial charge in [0.1, 0.15) is 0 Å². The topological polar surface area (TPSA) is 22.0 Å². The van der Waals surface area contributed by atoms with Gasteiger partial charge in [-0.05, 0) is 44.0 Å². The molecule has 3 rings (SSSR count). The van der Waals surface area contributed by atoms with Crippen molar-refractivity contribution in [3.8, 4) is 5.69 Å². The number of fused-ring (bicyclic) bond motifs is 1. The number of carbonyl (C=O) groups is 1. The molecule has 0 aliphatic heterocycles. The second-order valence-corrected chi connectivity index (χ2v) is 5.31. The summed E-state index contributed by atoms with van der Waals surface area (Å²) in [4.78, 5) is 11.9. The van der Waals surface area contributed by atoms with E-state index in [0.29, 0.717) is 24.1 Å². The van der Waals surface area contributed by atoms with Gasteiger partial charge in [-0.2, -0.15) is 13.2 Å². The molecule has 0 amide bonds. The molecule has 0 spiro atoms. The standard InChI is InChI=1S/C16H14F3NO/c1-10-8-13-14(6-3-7-15(13)21)20(10)12-5-2-4-11(9-12)16(17,18)19/h2,4-5,8-9H,3,6-7H2,1H3. The molecule has 110 valence electrons. The SMILES string of the molecule is Cc1cc2c(n1-c1cccc(C(F)(F)F)c1)CCCC2=O. The van der Waals surface area contributed by atoms with Crippen LogP contribution in [0.5, 0.6) is 0 Å². The molecule has 1 heterocycles. The first-order valence-corrected chi connectivity index (χ1v) is 6.80. The summed E-state index contributed by atoms with van der Waals surface area (Å²) in [7, 11) is 0. The Morgan fingerprint density at radius 3 is 2.62 bits per heavy atom. The van der Waals surface area contributed by atoms with E-state index >= 15 is 0 Å². The predicted octanol–water partition coefficient (Wildman–Crippen LogP) is 4.32. The van der Waals surface area contributed by atoms with E-state index in [4.69, 9.17) is 0 Å². The van der Waals surface area contributed by atoms with Crippen LogP contribution < -0.4 is 0 Å². The van der Waals surface area contributed by atoms with E-state index in [1.54, 1.807) is 16.7 Å². The van der Waals surface area contributed by atoms with Gasteiger partial charge in [-0.1, -0.05) is 6.07 Å². The van der Waals surface area contributed by atoms with E-state index in [9.17, 15) is 18.0 Å². The summed E-state index contributed by atoms with van der Waals surface area (Å²) in [6.45, 7) is 1.81. The molecule has 1 aromatic heterocycles. The van der Waals surface area contributed by atoms with Gasteiger partial charge in [0.25, 0.3) is 0 Å². The van der Waals surface area contributed by atoms with Gasteiger partial charge in [0, 0.05) is 29.1 Å². The van der Waals surface area contributed by atoms with Crippen LogP contribution in [0, 0.1) is 6.92 Å². The molecule has 5 heteroatoms. The minimum atomic E-state index is -4.37. The minimum absolute atomic E-state index is 0.0741. The fourth-order valence-corrected chi connectivity index (χ4v) is 2.91. The van der Waals surface area contributed by atoms with Crippen LogP contribution >= 0.6 is 0 Å². The molecular formula is C16H14F3NO. The Balaban J connectivity index is 2.16. The number of benzene rings is 1. The van der Waals surface area contributed by atoms with Crippen molar-refractivity contribution in [1.29, 1.82) is 0 Å². The number of Topliss-reactive ketones (excluding diaryl/α,β-unsaturated/α-hetero) is 1. The zero-order valence-corrected chi connectivity index (χ0v) is 11.5. The number of nitrogens with zero attached hydrogens (tertiary/aromatic N) is 1. The number of carbonyl (C=O) groups excluding carboxylic acids is 1. The van der Waals surface area contributed by atoms with Gasteiger partial charge < -0.3 is 4.57 Å². The molecule has 21 heavy (non-hydrogen) atoms. The molecule has 0 unspecified atom stereocenters. The van der Waals surface area contributed by atoms with Crippen LogP contribution in [0.2, 0.25) is 0 Å². The predicted molar refractivity (Wildman–Crippen MR) is 72.8 cm³/mol. The van der Waals surface area contributed by atoms with Crippen LogP contribution in [-0.2, 0) is 12.6 Å². The molecule has 0 N–H and O–H groups in total. The van der Waals surface area contributed by atoms with E-state index < -0.39 is 11.7 Å². The lowest BCUT2D eigenvalue weighted by molar-refractivity contribution is -0.137. The van der Waals surface area contributed by atoms with Gasteiger partial charge in [-0.25, -0.2) is 0 Å². The number of halogens is 3. The number of rotatable bonds is 1. The second-order valence-electron chi connectivity index (χ2n) is 5.31. The van der Waals surface area contributed by atoms with Gasteiger partial charge in [0.15, 0.2) is 5.78 Å². The van der Waals surface area contributed by atoms with Gasteiger partial charge in [-0.15, -0.1) is 0 Å². The largest absolute Gasteiger partial charge is 0.416 e. The molecule has 1 aliphatic carbocycles. The number of ketones is 1. The lowest BCUT2D eigenvalue weighted by atomic mass is 9.96. The van der Waals surface area contributed by atoms with Gasteiger partial charge in [0.2, 0.25) is 0 Å². The molecule has 1 aromatic carbocycles. The zero-order valence-electron chi connectivity index (χ0n) is 11.5. The Morgan fingerprint density at radius 2 is 1.90 bits per heavy atom. The summed E-state index contributed by atoms with van der Waals surface area (Å²) in [5.41, 5.74) is 2.04. The molecular weight excluding hydrogens is 279 g/mol. The van der Waals surface area contributed by atoms with Crippen LogP contribution in [0.3, 0.4) is 0 Å². The third kappa shape index (κ3) is 2.37. The second kappa shape index (κ2) is 4.76. The molecule has 0 fully saturated rings. The summed E-state index contributed by atoms with van der Waals surface area (Å²) in [6, 6.07) is 7.00. The van der Waals surface area contributed by atoms with Crippen molar-refractivity contribution in [3.63, 3.8) is 0 Å². The van der Waals surface area contributed by atoms with E-state index in [0.717, 1.165) is 29.9 Å². The average Bonchev–Trinajstić information content (AvgIpc) is 2.76. The highest BCUT2D eigenvalue weighted by Gasteiger charge is 2.31. The molecule has 0 saturated carbocycles. The molecule has 0 atom stereocenters. The first-order valence-electron chi connectivity index (χ1n) is 6.80. The summed E-state index contributed by atoms with van der Waals surface area (Å²) >= 11 is 0. The van der Waals surface area contributed by atoms with E-state index in [2.05, 4.69) is 0 Å². The number of alkyl halides is 3. The number of hydrogen-bond acceptors (Lipinski definition) is 1. The van der Waals surface area contributed by atoms with Gasteiger partial charge in [0.05, 0.1) is 5.56 Å². The quantitative estimate of drug-likeness (QED) is 0.767. The van der Waals surface area contributed by atoms with Crippen LogP contribution in [0.15, 0.2) is 30.3 Å². The summed E-state index contributed by atoms with van der Waals surface area (Å²) in [5, 5.41) is 0. The molecule has 1 aliphatic rings. The van der Waals surface area contributed by atoms with Gasteiger partial charge >= 0.3 is 6.18 Å².